The predicted octanol–water partition coefficient (Wildman–Crippen LogP) is -0.303. The highest BCUT2D eigenvalue weighted by Crippen LogP contribution is 2.27. The van der Waals surface area contributed by atoms with E-state index >= 15 is 0 Å². The normalized spacial score (nSPS) is 20.8. The van der Waals surface area contributed by atoms with E-state index in [4.69, 9.17) is 5.11 Å². The highest BCUT2D eigenvalue weighted by atomic mass is 32.2. The minimum Gasteiger partial charge on any atom is -0.395 e. The first-order valence-electron chi connectivity index (χ1n) is 4.15. The van der Waals surface area contributed by atoms with Crippen LogP contribution in [0.4, 0.5) is 0 Å². The molecule has 12 heavy (non-hydrogen) atoms. The van der Waals surface area contributed by atoms with E-state index in [2.05, 4.69) is 4.72 Å². The van der Waals surface area contributed by atoms with E-state index < -0.39 is 15.3 Å². The molecule has 2 N–H and O–H groups in total. The van der Waals surface area contributed by atoms with Gasteiger partial charge in [-0.1, -0.05) is 0 Å². The Morgan fingerprint density at radius 2 is 2.17 bits per heavy atom. The molecule has 0 amide bonds. The van der Waals surface area contributed by atoms with Gasteiger partial charge in [0.2, 0.25) is 10.0 Å². The van der Waals surface area contributed by atoms with Gasteiger partial charge in [0.1, 0.15) is 0 Å². The molecular weight excluding hydrogens is 178 g/mol. The fourth-order valence-electron chi connectivity index (χ4n) is 0.796. The molecule has 1 aliphatic rings. The molecule has 1 saturated carbocycles. The minimum atomic E-state index is -3.27. The molecule has 0 heterocycles. The Morgan fingerprint density at radius 1 is 1.58 bits per heavy atom. The van der Waals surface area contributed by atoms with Gasteiger partial charge in [-0.25, -0.2) is 13.1 Å². The van der Waals surface area contributed by atoms with Crippen LogP contribution in [0.2, 0.25) is 0 Å². The number of rotatable bonds is 5. The Kier molecular flexibility index (Phi) is 3.09. The molecule has 0 aliphatic heterocycles. The van der Waals surface area contributed by atoms with Gasteiger partial charge in [-0.15, -0.1) is 0 Å². The summed E-state index contributed by atoms with van der Waals surface area (Å²) in [6.45, 7) is 1.71. The van der Waals surface area contributed by atoms with Crippen molar-refractivity contribution >= 4 is 10.0 Å². The topological polar surface area (TPSA) is 66.4 Å². The molecule has 1 aliphatic carbocycles. The maximum atomic E-state index is 11.2. The smallest absolute Gasteiger partial charge is 0.216 e. The maximum absolute atomic E-state index is 11.2. The van der Waals surface area contributed by atoms with Gasteiger partial charge in [-0.05, 0) is 25.7 Å². The molecule has 1 fully saturated rings. The molecule has 4 nitrogen and oxygen atoms in total. The Bertz CT molecular complexity index is 233. The fourth-order valence-corrected chi connectivity index (χ4v) is 1.75. The largest absolute Gasteiger partial charge is 0.395 e. The summed E-state index contributed by atoms with van der Waals surface area (Å²) in [7, 11) is -3.27. The third kappa shape index (κ3) is 2.73. The van der Waals surface area contributed by atoms with Crippen LogP contribution in [0.25, 0.3) is 0 Å². The van der Waals surface area contributed by atoms with Crippen LogP contribution in [0.3, 0.4) is 0 Å². The zero-order chi connectivity index (χ0) is 9.19. The highest BCUT2D eigenvalue weighted by Gasteiger charge is 2.25. The van der Waals surface area contributed by atoms with Crippen molar-refractivity contribution in [1.29, 1.82) is 0 Å². The van der Waals surface area contributed by atoms with Crippen LogP contribution in [-0.2, 0) is 10.0 Å². The average Bonchev–Trinajstić information content (AvgIpc) is 2.82. The molecule has 0 aromatic rings. The number of nitrogens with one attached hydrogen (secondary N) is 1. The molecule has 0 aromatic carbocycles. The van der Waals surface area contributed by atoms with Crippen LogP contribution < -0.4 is 4.72 Å². The summed E-state index contributed by atoms with van der Waals surface area (Å²) in [6.07, 6.45) is 2.24. The zero-order valence-corrected chi connectivity index (χ0v) is 7.97. The fraction of sp³-hybridized carbons (Fsp3) is 1.00. The van der Waals surface area contributed by atoms with Crippen LogP contribution in [0.15, 0.2) is 0 Å². The van der Waals surface area contributed by atoms with Gasteiger partial charge in [-0.2, -0.15) is 0 Å². The van der Waals surface area contributed by atoms with E-state index in [1.807, 2.05) is 0 Å². The molecule has 1 unspecified atom stereocenters. The van der Waals surface area contributed by atoms with Crippen molar-refractivity contribution in [2.24, 2.45) is 5.92 Å². The second-order valence-corrected chi connectivity index (χ2v) is 5.51. The van der Waals surface area contributed by atoms with Crippen molar-refractivity contribution in [3.63, 3.8) is 0 Å². The summed E-state index contributed by atoms with van der Waals surface area (Å²) in [5.41, 5.74) is 0. The van der Waals surface area contributed by atoms with Gasteiger partial charge in [-0.3, -0.25) is 0 Å². The van der Waals surface area contributed by atoms with Gasteiger partial charge < -0.3 is 5.11 Å². The third-order valence-electron chi connectivity index (χ3n) is 2.06. The van der Waals surface area contributed by atoms with Crippen LogP contribution in [0.5, 0.6) is 0 Å². The van der Waals surface area contributed by atoms with E-state index in [1.165, 1.54) is 6.92 Å². The molecule has 0 spiro atoms. The Labute approximate surface area is 73.0 Å². The summed E-state index contributed by atoms with van der Waals surface area (Å²) in [4.78, 5) is 0. The molecule has 0 bridgehead atoms. The molecule has 5 heteroatoms. The molecule has 1 rings (SSSR count). The monoisotopic (exact) mass is 193 g/mol. The summed E-state index contributed by atoms with van der Waals surface area (Å²) < 4.78 is 24.9. The van der Waals surface area contributed by atoms with Crippen LogP contribution in [0, 0.1) is 5.92 Å². The SMILES string of the molecule is CC(CO)S(=O)(=O)NCC1CC1. The Morgan fingerprint density at radius 3 is 2.58 bits per heavy atom. The number of hydrogen-bond acceptors (Lipinski definition) is 3. The van der Waals surface area contributed by atoms with Gasteiger partial charge in [0.25, 0.3) is 0 Å². The molecule has 72 valence electrons. The summed E-state index contributed by atoms with van der Waals surface area (Å²) in [6, 6.07) is 0. The first-order valence-corrected chi connectivity index (χ1v) is 5.70. The van der Waals surface area contributed by atoms with Gasteiger partial charge in [0.15, 0.2) is 0 Å². The number of aliphatic hydroxyl groups excluding tert-OH is 1. The van der Waals surface area contributed by atoms with E-state index in [0.717, 1.165) is 12.8 Å². The number of aliphatic hydroxyl groups is 1. The standard InChI is InChI=1S/C7H15NO3S/c1-6(5-9)12(10,11)8-4-7-2-3-7/h6-9H,2-5H2,1H3. The minimum absolute atomic E-state index is 0.319. The van der Waals surface area contributed by atoms with E-state index in [9.17, 15) is 8.42 Å². The molecule has 0 saturated heterocycles. The van der Waals surface area contributed by atoms with Crippen LogP contribution >= 0.6 is 0 Å². The van der Waals surface area contributed by atoms with Gasteiger partial charge >= 0.3 is 0 Å². The summed E-state index contributed by atoms with van der Waals surface area (Å²) in [5, 5.41) is 7.93. The molecule has 0 radical (unpaired) electrons. The number of hydrogen-bond donors (Lipinski definition) is 2. The average molecular weight is 193 g/mol. The van der Waals surface area contributed by atoms with E-state index in [-0.39, 0.29) is 6.61 Å². The molecular formula is C7H15NO3S. The van der Waals surface area contributed by atoms with E-state index in [1.54, 1.807) is 0 Å². The van der Waals surface area contributed by atoms with Gasteiger partial charge in [0.05, 0.1) is 11.9 Å². The van der Waals surface area contributed by atoms with Crippen LogP contribution in [-0.4, -0.2) is 31.9 Å². The lowest BCUT2D eigenvalue weighted by Gasteiger charge is -2.10. The summed E-state index contributed by atoms with van der Waals surface area (Å²) >= 11 is 0. The quantitative estimate of drug-likeness (QED) is 0.630. The van der Waals surface area contributed by atoms with E-state index in [0.29, 0.717) is 12.5 Å². The predicted molar refractivity (Wildman–Crippen MR) is 46.2 cm³/mol. The second-order valence-electron chi connectivity index (χ2n) is 3.33. The maximum Gasteiger partial charge on any atom is 0.216 e. The lowest BCUT2D eigenvalue weighted by Crippen LogP contribution is -2.35. The lowest BCUT2D eigenvalue weighted by molar-refractivity contribution is 0.294. The lowest BCUT2D eigenvalue weighted by atomic mass is 10.4. The van der Waals surface area contributed by atoms with Crippen molar-refractivity contribution in [1.82, 2.24) is 4.72 Å². The first kappa shape index (κ1) is 9.95. The van der Waals surface area contributed by atoms with Crippen LogP contribution in [0.1, 0.15) is 19.8 Å². The zero-order valence-electron chi connectivity index (χ0n) is 7.16. The van der Waals surface area contributed by atoms with Gasteiger partial charge in [0, 0.05) is 6.54 Å². The first-order chi connectivity index (χ1) is 5.56. The molecule has 1 atom stereocenters. The second kappa shape index (κ2) is 3.72. The highest BCUT2D eigenvalue weighted by molar-refractivity contribution is 7.90. The molecule has 0 aromatic heterocycles. The number of sulfonamides is 1. The Hall–Kier alpha value is -0.130. The van der Waals surface area contributed by atoms with Crippen molar-refractivity contribution < 1.29 is 13.5 Å². The van der Waals surface area contributed by atoms with Crippen molar-refractivity contribution in [2.75, 3.05) is 13.2 Å². The van der Waals surface area contributed by atoms with Crippen molar-refractivity contribution in [3.05, 3.63) is 0 Å². The third-order valence-corrected chi connectivity index (χ3v) is 3.83. The van der Waals surface area contributed by atoms with Crippen molar-refractivity contribution in [3.8, 4) is 0 Å². The van der Waals surface area contributed by atoms with Crippen molar-refractivity contribution in [2.45, 2.75) is 25.0 Å². The Balaban J connectivity index is 2.35. The summed E-state index contributed by atoms with van der Waals surface area (Å²) in [5.74, 6) is 0.533.